The molecule has 1 saturated heterocycles. The molecule has 0 unspecified atom stereocenters. The van der Waals surface area contributed by atoms with E-state index in [-0.39, 0.29) is 6.04 Å². The zero-order chi connectivity index (χ0) is 18.7. The Kier molecular flexibility index (Phi) is 5.38. The van der Waals surface area contributed by atoms with Gasteiger partial charge in [0.25, 0.3) is 0 Å². The Bertz CT molecular complexity index is 829. The van der Waals surface area contributed by atoms with Gasteiger partial charge in [-0.3, -0.25) is 4.90 Å². The van der Waals surface area contributed by atoms with Crippen molar-refractivity contribution in [3.63, 3.8) is 0 Å². The molecule has 1 N–H and O–H groups in total. The van der Waals surface area contributed by atoms with Crippen LogP contribution < -0.4 is 4.72 Å². The summed E-state index contributed by atoms with van der Waals surface area (Å²) in [7, 11) is -3.45. The second-order valence-corrected chi connectivity index (χ2v) is 8.51. The zero-order valence-corrected chi connectivity index (χ0v) is 15.9. The van der Waals surface area contributed by atoms with E-state index in [1.165, 1.54) is 0 Å². The number of rotatable bonds is 7. The topological polar surface area (TPSA) is 77.1 Å². The lowest BCUT2D eigenvalue weighted by atomic mass is 10.1. The molecule has 3 aliphatic rings. The third-order valence-corrected chi connectivity index (χ3v) is 6.32. The van der Waals surface area contributed by atoms with Crippen LogP contribution in [0.2, 0.25) is 0 Å². The van der Waals surface area contributed by atoms with Gasteiger partial charge in [-0.05, 0) is 24.6 Å². The number of hydrogen-bond acceptors (Lipinski definition) is 6. The molecule has 1 aromatic rings. The van der Waals surface area contributed by atoms with Crippen molar-refractivity contribution in [3.05, 3.63) is 53.7 Å². The van der Waals surface area contributed by atoms with E-state index in [0.717, 1.165) is 36.7 Å². The molecule has 146 valence electrons. The van der Waals surface area contributed by atoms with Crippen molar-refractivity contribution in [2.24, 2.45) is 0 Å². The number of benzene rings is 1. The Hall–Kier alpha value is -2.03. The van der Waals surface area contributed by atoms with Crippen LogP contribution in [-0.4, -0.2) is 58.8 Å². The molecule has 27 heavy (non-hydrogen) atoms. The second kappa shape index (κ2) is 7.92. The normalized spacial score (nSPS) is 20.8. The summed E-state index contributed by atoms with van der Waals surface area (Å²) in [6.45, 7) is 3.79. The average Bonchev–Trinajstić information content (AvgIpc) is 2.66. The van der Waals surface area contributed by atoms with E-state index in [0.29, 0.717) is 37.8 Å². The van der Waals surface area contributed by atoms with Crippen molar-refractivity contribution in [2.75, 3.05) is 39.5 Å². The smallest absolute Gasteiger partial charge is 0.240 e. The number of nitrogens with zero attached hydrogens (tertiary/aromatic N) is 1. The summed E-state index contributed by atoms with van der Waals surface area (Å²) >= 11 is 0. The molecule has 0 radical (unpaired) electrons. The molecule has 4 rings (SSSR count). The molecule has 1 aliphatic carbocycles. The summed E-state index contributed by atoms with van der Waals surface area (Å²) < 4.78 is 44.5. The van der Waals surface area contributed by atoms with Gasteiger partial charge >= 0.3 is 0 Å². The third kappa shape index (κ3) is 4.28. The SMILES string of the molecule is O=S(=O)(NC1CN(CCOC2=CCCC3=C2OCCO3)C1)c1ccccc1. The fourth-order valence-electron chi connectivity index (χ4n) is 3.40. The number of ether oxygens (including phenoxy) is 3. The van der Waals surface area contributed by atoms with Crippen LogP contribution in [0.25, 0.3) is 0 Å². The van der Waals surface area contributed by atoms with Gasteiger partial charge in [-0.2, -0.15) is 0 Å². The van der Waals surface area contributed by atoms with Gasteiger partial charge in [-0.15, -0.1) is 0 Å². The lowest BCUT2D eigenvalue weighted by molar-refractivity contribution is 0.0359. The van der Waals surface area contributed by atoms with E-state index in [9.17, 15) is 8.42 Å². The van der Waals surface area contributed by atoms with Crippen LogP contribution in [0.1, 0.15) is 12.8 Å². The maximum Gasteiger partial charge on any atom is 0.240 e. The quantitative estimate of drug-likeness (QED) is 0.760. The molecule has 0 bridgehead atoms. The van der Waals surface area contributed by atoms with Crippen LogP contribution in [0, 0.1) is 0 Å². The van der Waals surface area contributed by atoms with E-state index >= 15 is 0 Å². The van der Waals surface area contributed by atoms with Crippen LogP contribution in [0.4, 0.5) is 0 Å². The molecule has 8 heteroatoms. The third-order valence-electron chi connectivity index (χ3n) is 4.78. The summed E-state index contributed by atoms with van der Waals surface area (Å²) in [5.74, 6) is 2.39. The Balaban J connectivity index is 1.20. The number of allylic oxidation sites excluding steroid dienone is 2. The summed E-state index contributed by atoms with van der Waals surface area (Å²) in [6.07, 6.45) is 3.79. The highest BCUT2D eigenvalue weighted by atomic mass is 32.2. The number of likely N-dealkylation sites (tertiary alicyclic amines) is 1. The van der Waals surface area contributed by atoms with E-state index in [2.05, 4.69) is 9.62 Å². The van der Waals surface area contributed by atoms with Gasteiger partial charge in [-0.25, -0.2) is 13.1 Å². The van der Waals surface area contributed by atoms with Gasteiger partial charge in [-0.1, -0.05) is 18.2 Å². The Morgan fingerprint density at radius 3 is 2.74 bits per heavy atom. The summed E-state index contributed by atoms with van der Waals surface area (Å²) in [5.41, 5.74) is 0. The zero-order valence-electron chi connectivity index (χ0n) is 15.1. The fraction of sp³-hybridized carbons (Fsp3) is 0.474. The lowest BCUT2D eigenvalue weighted by Gasteiger charge is -2.39. The minimum Gasteiger partial charge on any atom is -0.490 e. The van der Waals surface area contributed by atoms with Gasteiger partial charge < -0.3 is 14.2 Å². The van der Waals surface area contributed by atoms with Crippen LogP contribution in [0.15, 0.2) is 58.6 Å². The van der Waals surface area contributed by atoms with Crippen molar-refractivity contribution in [1.82, 2.24) is 9.62 Å². The molecule has 1 aromatic carbocycles. The maximum atomic E-state index is 12.3. The molecular weight excluding hydrogens is 368 g/mol. The average molecular weight is 392 g/mol. The maximum absolute atomic E-state index is 12.3. The predicted octanol–water partition coefficient (Wildman–Crippen LogP) is 1.60. The van der Waals surface area contributed by atoms with Crippen LogP contribution >= 0.6 is 0 Å². The van der Waals surface area contributed by atoms with Crippen molar-refractivity contribution in [2.45, 2.75) is 23.8 Å². The lowest BCUT2D eigenvalue weighted by Crippen LogP contribution is -2.59. The first kappa shape index (κ1) is 18.3. The molecule has 2 aliphatic heterocycles. The highest BCUT2D eigenvalue weighted by Crippen LogP contribution is 2.30. The molecule has 0 amide bonds. The highest BCUT2D eigenvalue weighted by molar-refractivity contribution is 7.89. The predicted molar refractivity (Wildman–Crippen MR) is 99.2 cm³/mol. The number of sulfonamides is 1. The van der Waals surface area contributed by atoms with Crippen LogP contribution in [0.3, 0.4) is 0 Å². The minimum absolute atomic E-state index is 0.0616. The van der Waals surface area contributed by atoms with Gasteiger partial charge in [0, 0.05) is 32.1 Å². The largest absolute Gasteiger partial charge is 0.490 e. The summed E-state index contributed by atoms with van der Waals surface area (Å²) in [5, 5.41) is 0. The number of hydrogen-bond donors (Lipinski definition) is 1. The Labute approximate surface area is 159 Å². The molecule has 0 saturated carbocycles. The van der Waals surface area contributed by atoms with E-state index < -0.39 is 10.0 Å². The van der Waals surface area contributed by atoms with Crippen molar-refractivity contribution < 1.29 is 22.6 Å². The van der Waals surface area contributed by atoms with Gasteiger partial charge in [0.2, 0.25) is 10.0 Å². The van der Waals surface area contributed by atoms with E-state index in [4.69, 9.17) is 14.2 Å². The molecular formula is C19H24N2O5S. The highest BCUT2D eigenvalue weighted by Gasteiger charge is 2.31. The van der Waals surface area contributed by atoms with Gasteiger partial charge in [0.1, 0.15) is 25.6 Å². The molecule has 7 nitrogen and oxygen atoms in total. The first-order valence-electron chi connectivity index (χ1n) is 9.23. The van der Waals surface area contributed by atoms with Crippen molar-refractivity contribution in [3.8, 4) is 0 Å². The standard InChI is InChI=1S/C19H24N2O5S/c22-27(23,16-5-2-1-3-6-16)20-15-13-21(14-15)9-10-24-17-7-4-8-18-19(17)26-12-11-25-18/h1-3,5-7,15,20H,4,8-14H2. The molecule has 2 heterocycles. The summed E-state index contributed by atoms with van der Waals surface area (Å²) in [4.78, 5) is 2.46. The Morgan fingerprint density at radius 2 is 1.93 bits per heavy atom. The monoisotopic (exact) mass is 392 g/mol. The fourth-order valence-corrected chi connectivity index (χ4v) is 4.64. The van der Waals surface area contributed by atoms with E-state index in [1.807, 2.05) is 6.08 Å². The van der Waals surface area contributed by atoms with E-state index in [1.54, 1.807) is 30.3 Å². The van der Waals surface area contributed by atoms with Gasteiger partial charge in [0.05, 0.1) is 4.90 Å². The molecule has 0 spiro atoms. The first-order valence-corrected chi connectivity index (χ1v) is 10.7. The summed E-state index contributed by atoms with van der Waals surface area (Å²) in [6, 6.07) is 8.39. The van der Waals surface area contributed by atoms with Crippen molar-refractivity contribution in [1.29, 1.82) is 0 Å². The first-order chi connectivity index (χ1) is 13.1. The minimum atomic E-state index is -3.45. The number of nitrogens with one attached hydrogen (secondary N) is 1. The van der Waals surface area contributed by atoms with Crippen molar-refractivity contribution >= 4 is 10.0 Å². The van der Waals surface area contributed by atoms with Gasteiger partial charge in [0.15, 0.2) is 11.5 Å². The van der Waals surface area contributed by atoms with Crippen LogP contribution in [0.5, 0.6) is 0 Å². The molecule has 0 aromatic heterocycles. The molecule has 1 fully saturated rings. The van der Waals surface area contributed by atoms with Crippen LogP contribution in [-0.2, 0) is 24.2 Å². The molecule has 0 atom stereocenters. The Morgan fingerprint density at radius 1 is 1.15 bits per heavy atom. The second-order valence-electron chi connectivity index (χ2n) is 6.80.